The first kappa shape index (κ1) is 23.7. The van der Waals surface area contributed by atoms with Crippen LogP contribution in [-0.4, -0.2) is 17.7 Å². The van der Waals surface area contributed by atoms with Crippen molar-refractivity contribution in [2.24, 2.45) is 0 Å². The summed E-state index contributed by atoms with van der Waals surface area (Å²) >= 11 is 0. The molecule has 0 fully saturated rings. The van der Waals surface area contributed by atoms with Gasteiger partial charge in [-0.2, -0.15) is 0 Å². The SMILES string of the molecule is CC/C=C\C/C=C\C/C=C\CCCCCCC(=O)OCCc1ccc(O)cc1. The van der Waals surface area contributed by atoms with E-state index in [0.717, 1.165) is 50.5 Å². The molecular formula is C25H36O3. The molecule has 0 aromatic heterocycles. The minimum Gasteiger partial charge on any atom is -0.508 e. The number of hydrogen-bond acceptors (Lipinski definition) is 3. The lowest BCUT2D eigenvalue weighted by Crippen LogP contribution is -2.07. The van der Waals surface area contributed by atoms with Crippen molar-refractivity contribution in [1.82, 2.24) is 0 Å². The number of rotatable bonds is 15. The summed E-state index contributed by atoms with van der Waals surface area (Å²) < 4.78 is 5.27. The molecule has 3 nitrogen and oxygen atoms in total. The maximum atomic E-state index is 11.7. The van der Waals surface area contributed by atoms with E-state index in [9.17, 15) is 9.90 Å². The molecule has 1 aromatic carbocycles. The van der Waals surface area contributed by atoms with E-state index in [1.165, 1.54) is 6.42 Å². The van der Waals surface area contributed by atoms with E-state index < -0.39 is 0 Å². The third-order valence-electron chi connectivity index (χ3n) is 4.37. The summed E-state index contributed by atoms with van der Waals surface area (Å²) in [5.74, 6) is 0.141. The molecule has 0 radical (unpaired) electrons. The summed E-state index contributed by atoms with van der Waals surface area (Å²) in [6.07, 6.45) is 23.0. The van der Waals surface area contributed by atoms with Crippen molar-refractivity contribution in [1.29, 1.82) is 0 Å². The number of hydrogen-bond donors (Lipinski definition) is 1. The van der Waals surface area contributed by atoms with Gasteiger partial charge in [-0.1, -0.05) is 68.4 Å². The van der Waals surface area contributed by atoms with Gasteiger partial charge < -0.3 is 9.84 Å². The van der Waals surface area contributed by atoms with Crippen LogP contribution < -0.4 is 0 Å². The third kappa shape index (κ3) is 13.9. The zero-order valence-electron chi connectivity index (χ0n) is 17.3. The molecule has 154 valence electrons. The van der Waals surface area contributed by atoms with Crippen molar-refractivity contribution < 1.29 is 14.6 Å². The summed E-state index contributed by atoms with van der Waals surface area (Å²) in [6, 6.07) is 6.99. The number of ether oxygens (including phenoxy) is 1. The van der Waals surface area contributed by atoms with Gasteiger partial charge in [0.05, 0.1) is 6.61 Å². The minimum absolute atomic E-state index is 0.112. The Kier molecular flexibility index (Phi) is 14.3. The molecule has 0 aliphatic carbocycles. The van der Waals surface area contributed by atoms with Crippen LogP contribution in [0, 0.1) is 0 Å². The van der Waals surface area contributed by atoms with Gasteiger partial charge in [-0.3, -0.25) is 4.79 Å². The lowest BCUT2D eigenvalue weighted by atomic mass is 10.1. The molecule has 0 spiro atoms. The van der Waals surface area contributed by atoms with Crippen molar-refractivity contribution in [3.63, 3.8) is 0 Å². The summed E-state index contributed by atoms with van der Waals surface area (Å²) in [5, 5.41) is 9.23. The van der Waals surface area contributed by atoms with E-state index in [1.807, 2.05) is 12.1 Å². The second kappa shape index (κ2) is 16.9. The largest absolute Gasteiger partial charge is 0.508 e. The van der Waals surface area contributed by atoms with E-state index in [0.29, 0.717) is 19.4 Å². The fourth-order valence-electron chi connectivity index (χ4n) is 2.73. The number of phenols is 1. The maximum absolute atomic E-state index is 11.7. The van der Waals surface area contributed by atoms with E-state index in [4.69, 9.17) is 4.74 Å². The van der Waals surface area contributed by atoms with Gasteiger partial charge in [0.15, 0.2) is 0 Å². The maximum Gasteiger partial charge on any atom is 0.305 e. The lowest BCUT2D eigenvalue weighted by molar-refractivity contribution is -0.143. The first-order valence-electron chi connectivity index (χ1n) is 10.6. The van der Waals surface area contributed by atoms with Crippen molar-refractivity contribution in [2.75, 3.05) is 6.61 Å². The number of carbonyl (C=O) groups excluding carboxylic acids is 1. The standard InChI is InChI=1S/C25H36O3/c1-2-3-4-5-6-7-8-9-10-11-12-13-14-15-16-25(27)28-22-21-23-17-19-24(26)20-18-23/h3-4,6-7,9-10,17-20,26H,2,5,8,11-16,21-22H2,1H3/b4-3-,7-6-,10-9-. The van der Waals surface area contributed by atoms with Crippen LogP contribution in [0.15, 0.2) is 60.7 Å². The van der Waals surface area contributed by atoms with Gasteiger partial charge in [0, 0.05) is 12.8 Å². The van der Waals surface area contributed by atoms with Crippen LogP contribution in [0.2, 0.25) is 0 Å². The van der Waals surface area contributed by atoms with Crippen LogP contribution >= 0.6 is 0 Å². The second-order valence-corrected chi connectivity index (χ2v) is 6.88. The fraction of sp³-hybridized carbons (Fsp3) is 0.480. The Hall–Kier alpha value is -2.29. The molecule has 28 heavy (non-hydrogen) atoms. The quantitative estimate of drug-likeness (QED) is 0.208. The molecule has 1 rings (SSSR count). The van der Waals surface area contributed by atoms with Gasteiger partial charge in [-0.25, -0.2) is 0 Å². The fourth-order valence-corrected chi connectivity index (χ4v) is 2.73. The molecule has 0 unspecified atom stereocenters. The van der Waals surface area contributed by atoms with Crippen molar-refractivity contribution in [3.8, 4) is 5.75 Å². The highest BCUT2D eigenvalue weighted by molar-refractivity contribution is 5.69. The van der Waals surface area contributed by atoms with Crippen molar-refractivity contribution in [3.05, 3.63) is 66.3 Å². The molecule has 1 N–H and O–H groups in total. The number of carbonyl (C=O) groups is 1. The van der Waals surface area contributed by atoms with E-state index >= 15 is 0 Å². The molecular weight excluding hydrogens is 348 g/mol. The summed E-state index contributed by atoms with van der Waals surface area (Å²) in [6.45, 7) is 2.55. The van der Waals surface area contributed by atoms with Gasteiger partial charge >= 0.3 is 5.97 Å². The van der Waals surface area contributed by atoms with Crippen molar-refractivity contribution >= 4 is 5.97 Å². The molecule has 0 aliphatic rings. The molecule has 0 saturated heterocycles. The van der Waals surface area contributed by atoms with Gasteiger partial charge in [-0.05, 0) is 56.2 Å². The molecule has 0 saturated carbocycles. The summed E-state index contributed by atoms with van der Waals surface area (Å²) in [4.78, 5) is 11.7. The Balaban J connectivity index is 1.91. The normalized spacial score (nSPS) is 11.8. The monoisotopic (exact) mass is 384 g/mol. The van der Waals surface area contributed by atoms with E-state index in [1.54, 1.807) is 12.1 Å². The van der Waals surface area contributed by atoms with Gasteiger partial charge in [0.25, 0.3) is 0 Å². The highest BCUT2D eigenvalue weighted by Gasteiger charge is 2.03. The molecule has 0 heterocycles. The predicted octanol–water partition coefficient (Wildman–Crippen LogP) is 6.68. The first-order valence-corrected chi connectivity index (χ1v) is 10.6. The van der Waals surface area contributed by atoms with Crippen LogP contribution in [0.4, 0.5) is 0 Å². The van der Waals surface area contributed by atoms with Crippen LogP contribution in [0.5, 0.6) is 5.75 Å². The highest BCUT2D eigenvalue weighted by atomic mass is 16.5. The Labute approximate surface area is 170 Å². The summed E-state index contributed by atoms with van der Waals surface area (Å²) in [7, 11) is 0. The average molecular weight is 385 g/mol. The Morgan fingerprint density at radius 2 is 1.54 bits per heavy atom. The van der Waals surface area contributed by atoms with Gasteiger partial charge in [0.2, 0.25) is 0 Å². The number of esters is 1. The zero-order valence-corrected chi connectivity index (χ0v) is 17.3. The van der Waals surface area contributed by atoms with Crippen LogP contribution in [-0.2, 0) is 16.0 Å². The molecule has 0 aliphatic heterocycles. The zero-order chi connectivity index (χ0) is 20.3. The van der Waals surface area contributed by atoms with Crippen LogP contribution in [0.25, 0.3) is 0 Å². The van der Waals surface area contributed by atoms with Crippen molar-refractivity contribution in [2.45, 2.75) is 71.1 Å². The number of benzene rings is 1. The lowest BCUT2D eigenvalue weighted by Gasteiger charge is -2.05. The smallest absolute Gasteiger partial charge is 0.305 e. The minimum atomic E-state index is -0.112. The predicted molar refractivity (Wildman–Crippen MR) is 117 cm³/mol. The number of aromatic hydroxyl groups is 1. The number of allylic oxidation sites excluding steroid dienone is 6. The Morgan fingerprint density at radius 1 is 0.893 bits per heavy atom. The molecule has 0 atom stereocenters. The second-order valence-electron chi connectivity index (χ2n) is 6.88. The Bertz CT molecular complexity index is 597. The average Bonchev–Trinajstić information content (AvgIpc) is 2.70. The van der Waals surface area contributed by atoms with E-state index in [2.05, 4.69) is 43.4 Å². The molecule has 1 aromatic rings. The number of unbranched alkanes of at least 4 members (excludes halogenated alkanes) is 4. The third-order valence-corrected chi connectivity index (χ3v) is 4.37. The number of phenolic OH excluding ortho intramolecular Hbond substituents is 1. The van der Waals surface area contributed by atoms with Gasteiger partial charge in [0.1, 0.15) is 5.75 Å². The molecule has 0 amide bonds. The Morgan fingerprint density at radius 3 is 2.25 bits per heavy atom. The van der Waals surface area contributed by atoms with E-state index in [-0.39, 0.29) is 11.7 Å². The highest BCUT2D eigenvalue weighted by Crippen LogP contribution is 2.11. The van der Waals surface area contributed by atoms with Crippen LogP contribution in [0.3, 0.4) is 0 Å². The first-order chi connectivity index (χ1) is 13.7. The topological polar surface area (TPSA) is 46.5 Å². The summed E-state index contributed by atoms with van der Waals surface area (Å²) in [5.41, 5.74) is 1.06. The van der Waals surface area contributed by atoms with Crippen LogP contribution in [0.1, 0.15) is 70.3 Å². The molecule has 0 bridgehead atoms. The van der Waals surface area contributed by atoms with Gasteiger partial charge in [-0.15, -0.1) is 0 Å². The molecule has 3 heteroatoms.